The number of carbonyl (C=O) groups excluding carboxylic acids is 1. The molecular weight excluding hydrogens is 378 g/mol. The zero-order valence-electron chi connectivity index (χ0n) is 15.7. The van der Waals surface area contributed by atoms with Gasteiger partial charge in [-0.2, -0.15) is 0 Å². The monoisotopic (exact) mass is 401 g/mol. The van der Waals surface area contributed by atoms with E-state index in [-0.39, 0.29) is 23.6 Å². The number of ether oxygens (including phenoxy) is 1. The summed E-state index contributed by atoms with van der Waals surface area (Å²) < 4.78 is 34.1. The highest BCUT2D eigenvalue weighted by molar-refractivity contribution is 7.90. The Hall–Kier alpha value is -2.61. The first-order chi connectivity index (χ1) is 13.4. The van der Waals surface area contributed by atoms with Crippen molar-refractivity contribution in [2.45, 2.75) is 19.4 Å². The van der Waals surface area contributed by atoms with Crippen LogP contribution < -0.4 is 4.74 Å². The van der Waals surface area contributed by atoms with Gasteiger partial charge in [-0.05, 0) is 30.7 Å². The maximum Gasteiger partial charge on any atom is 0.256 e. The van der Waals surface area contributed by atoms with E-state index in [0.717, 1.165) is 11.5 Å². The molecule has 2 heterocycles. The van der Waals surface area contributed by atoms with Crippen molar-refractivity contribution >= 4 is 21.8 Å². The second kappa shape index (κ2) is 7.43. The fourth-order valence-corrected chi connectivity index (χ4v) is 4.94. The number of benzene rings is 1. The van der Waals surface area contributed by atoms with E-state index in [4.69, 9.17) is 4.74 Å². The number of fused-ring (bicyclic) bond motifs is 1. The summed E-state index contributed by atoms with van der Waals surface area (Å²) in [7, 11) is -3.48. The molecule has 1 fully saturated rings. The predicted molar refractivity (Wildman–Crippen MR) is 106 cm³/mol. The van der Waals surface area contributed by atoms with Gasteiger partial charge >= 0.3 is 0 Å². The van der Waals surface area contributed by atoms with E-state index < -0.39 is 10.0 Å². The average molecular weight is 401 g/mol. The van der Waals surface area contributed by atoms with Gasteiger partial charge in [0.05, 0.1) is 11.8 Å². The van der Waals surface area contributed by atoms with Gasteiger partial charge in [0.25, 0.3) is 10.0 Å². The Balaban J connectivity index is 1.58. The number of amidine groups is 1. The molecule has 3 aliphatic rings. The molecule has 148 valence electrons. The molecule has 1 amide bonds. The van der Waals surface area contributed by atoms with Gasteiger partial charge in [0.1, 0.15) is 17.3 Å². The van der Waals surface area contributed by atoms with Crippen LogP contribution in [0, 0.1) is 5.92 Å². The molecule has 0 radical (unpaired) electrons. The minimum atomic E-state index is -3.48. The summed E-state index contributed by atoms with van der Waals surface area (Å²) in [5, 5.41) is 0. The molecule has 0 bridgehead atoms. The fourth-order valence-electron chi connectivity index (χ4n) is 3.89. The lowest BCUT2D eigenvalue weighted by Gasteiger charge is -2.46. The average Bonchev–Trinajstić information content (AvgIpc) is 2.68. The smallest absolute Gasteiger partial charge is 0.256 e. The van der Waals surface area contributed by atoms with Crippen LogP contribution in [0.2, 0.25) is 0 Å². The molecule has 0 aromatic heterocycles. The van der Waals surface area contributed by atoms with Crippen LogP contribution in [0.5, 0.6) is 5.75 Å². The number of nitrogens with zero attached hydrogens (tertiary/aromatic N) is 3. The molecule has 7 nitrogen and oxygen atoms in total. The molecular formula is C20H23N3O4S. The normalized spacial score (nSPS) is 26.2. The second-order valence-corrected chi connectivity index (χ2v) is 8.91. The van der Waals surface area contributed by atoms with E-state index in [1.54, 1.807) is 4.90 Å². The second-order valence-electron chi connectivity index (χ2n) is 7.16. The van der Waals surface area contributed by atoms with E-state index in [9.17, 15) is 13.2 Å². The highest BCUT2D eigenvalue weighted by Crippen LogP contribution is 2.30. The van der Waals surface area contributed by atoms with Crippen LogP contribution >= 0.6 is 0 Å². The van der Waals surface area contributed by atoms with E-state index in [1.165, 1.54) is 6.92 Å². The third-order valence-corrected chi connectivity index (χ3v) is 6.44. The topological polar surface area (TPSA) is 79.3 Å². The molecule has 0 spiro atoms. The molecule has 28 heavy (non-hydrogen) atoms. The van der Waals surface area contributed by atoms with Gasteiger partial charge in [-0.1, -0.05) is 24.3 Å². The van der Waals surface area contributed by atoms with Crippen molar-refractivity contribution in [1.82, 2.24) is 9.80 Å². The van der Waals surface area contributed by atoms with E-state index in [2.05, 4.69) is 4.40 Å². The lowest BCUT2D eigenvalue weighted by Crippen LogP contribution is -2.62. The maximum atomic E-state index is 12.2. The van der Waals surface area contributed by atoms with E-state index in [0.29, 0.717) is 31.9 Å². The SMILES string of the molecule is CC(=O)N1CCN2CCS(=O)(=O)N=C2[C@H]1C1C=CC(Oc2ccccc2)=CC1. The van der Waals surface area contributed by atoms with Crippen molar-refractivity contribution in [2.75, 3.05) is 25.4 Å². The summed E-state index contributed by atoms with van der Waals surface area (Å²) in [5.74, 6) is 1.89. The third kappa shape index (κ3) is 3.82. The van der Waals surface area contributed by atoms with Gasteiger partial charge in [0, 0.05) is 32.5 Å². The summed E-state index contributed by atoms with van der Waals surface area (Å²) >= 11 is 0. The zero-order valence-corrected chi connectivity index (χ0v) is 16.5. The van der Waals surface area contributed by atoms with Crippen LogP contribution in [0.15, 0.2) is 58.7 Å². The summed E-state index contributed by atoms with van der Waals surface area (Å²) in [6.45, 7) is 3.13. The van der Waals surface area contributed by atoms with Crippen LogP contribution in [-0.2, 0) is 14.8 Å². The molecule has 0 saturated carbocycles. The maximum absolute atomic E-state index is 12.2. The first kappa shape index (κ1) is 18.7. The van der Waals surface area contributed by atoms with E-state index >= 15 is 0 Å². The first-order valence-corrected chi connectivity index (χ1v) is 11.0. The Morgan fingerprint density at radius 1 is 1.18 bits per heavy atom. The van der Waals surface area contributed by atoms with Crippen molar-refractivity contribution in [3.8, 4) is 5.75 Å². The van der Waals surface area contributed by atoms with Crippen molar-refractivity contribution < 1.29 is 17.9 Å². The number of allylic oxidation sites excluding steroid dienone is 2. The quantitative estimate of drug-likeness (QED) is 0.772. The molecule has 1 aliphatic carbocycles. The lowest BCUT2D eigenvalue weighted by molar-refractivity contribution is -0.131. The van der Waals surface area contributed by atoms with Crippen molar-refractivity contribution in [2.24, 2.45) is 10.3 Å². The minimum absolute atomic E-state index is 0.0266. The molecule has 8 heteroatoms. The van der Waals surface area contributed by atoms with Crippen LogP contribution in [0.25, 0.3) is 0 Å². The summed E-state index contributed by atoms with van der Waals surface area (Å²) in [5.41, 5.74) is 0. The highest BCUT2D eigenvalue weighted by atomic mass is 32.2. The summed E-state index contributed by atoms with van der Waals surface area (Å²) in [4.78, 5) is 16.0. The van der Waals surface area contributed by atoms with Crippen LogP contribution in [0.4, 0.5) is 0 Å². The summed E-state index contributed by atoms with van der Waals surface area (Å²) in [6, 6.07) is 9.14. The standard InChI is InChI=1S/C20H23N3O4S/c1-15(24)23-12-11-22-13-14-28(25,26)21-20(22)19(23)16-7-9-18(10-8-16)27-17-5-3-2-4-6-17/h2-7,9-10,16,19H,8,11-14H2,1H3/t16?,19-/m1/s1. The first-order valence-electron chi connectivity index (χ1n) is 9.39. The molecule has 1 aromatic carbocycles. The van der Waals surface area contributed by atoms with Gasteiger partial charge in [-0.3, -0.25) is 4.79 Å². The van der Waals surface area contributed by atoms with Crippen molar-refractivity contribution in [3.05, 3.63) is 54.3 Å². The largest absolute Gasteiger partial charge is 0.458 e. The molecule has 1 aromatic rings. The Labute approximate surface area is 165 Å². The molecule has 4 rings (SSSR count). The number of rotatable bonds is 3. The Morgan fingerprint density at radius 3 is 2.64 bits per heavy atom. The van der Waals surface area contributed by atoms with E-state index in [1.807, 2.05) is 53.5 Å². The Kier molecular flexibility index (Phi) is 4.97. The number of sulfonamides is 1. The fraction of sp³-hybridized carbons (Fsp3) is 0.400. The van der Waals surface area contributed by atoms with Gasteiger partial charge < -0.3 is 14.5 Å². The number of amides is 1. The molecule has 0 N–H and O–H groups in total. The lowest BCUT2D eigenvalue weighted by atomic mass is 9.88. The Morgan fingerprint density at radius 2 is 1.96 bits per heavy atom. The summed E-state index contributed by atoms with van der Waals surface area (Å²) in [6.07, 6.45) is 6.50. The van der Waals surface area contributed by atoms with Crippen molar-refractivity contribution in [1.29, 1.82) is 0 Å². The highest BCUT2D eigenvalue weighted by Gasteiger charge is 2.41. The van der Waals surface area contributed by atoms with Crippen molar-refractivity contribution in [3.63, 3.8) is 0 Å². The number of hydrogen-bond acceptors (Lipinski definition) is 5. The molecule has 2 aliphatic heterocycles. The number of piperazine rings is 1. The third-order valence-electron chi connectivity index (χ3n) is 5.27. The van der Waals surface area contributed by atoms with Gasteiger partial charge in [0.15, 0.2) is 0 Å². The minimum Gasteiger partial charge on any atom is -0.458 e. The molecule has 1 saturated heterocycles. The predicted octanol–water partition coefficient (Wildman–Crippen LogP) is 1.80. The molecule has 1 unspecified atom stereocenters. The number of carbonyl (C=O) groups is 1. The Bertz CT molecular complexity index is 953. The molecule has 2 atom stereocenters. The van der Waals surface area contributed by atoms with Crippen LogP contribution in [0.3, 0.4) is 0 Å². The zero-order chi connectivity index (χ0) is 19.7. The van der Waals surface area contributed by atoms with Crippen LogP contribution in [0.1, 0.15) is 13.3 Å². The number of hydrogen-bond donors (Lipinski definition) is 0. The van der Waals surface area contributed by atoms with Gasteiger partial charge in [-0.25, -0.2) is 8.42 Å². The van der Waals surface area contributed by atoms with Gasteiger partial charge in [-0.15, -0.1) is 4.40 Å². The number of para-hydroxylation sites is 1. The van der Waals surface area contributed by atoms with Crippen LogP contribution in [-0.4, -0.2) is 61.4 Å². The van der Waals surface area contributed by atoms with Gasteiger partial charge in [0.2, 0.25) is 5.91 Å².